The second-order valence-corrected chi connectivity index (χ2v) is 4.08. The Labute approximate surface area is 91.8 Å². The van der Waals surface area contributed by atoms with Crippen molar-refractivity contribution in [2.24, 2.45) is 0 Å². The molecule has 15 heavy (non-hydrogen) atoms. The van der Waals surface area contributed by atoms with Crippen LogP contribution in [0, 0.1) is 0 Å². The minimum absolute atomic E-state index is 0.250. The summed E-state index contributed by atoms with van der Waals surface area (Å²) in [5.74, 6) is 0.445. The van der Waals surface area contributed by atoms with Gasteiger partial charge in [0.2, 0.25) is 0 Å². The molecule has 0 aliphatic heterocycles. The van der Waals surface area contributed by atoms with E-state index in [2.05, 4.69) is 24.0 Å². The minimum atomic E-state index is 0.250. The Kier molecular flexibility index (Phi) is 5.29. The Bertz CT molecular complexity index is 262. The van der Waals surface area contributed by atoms with Crippen LogP contribution in [0.2, 0.25) is 0 Å². The largest absolute Gasteiger partial charge is 0.396 e. The number of nitrogens with zero attached hydrogens (tertiary/aromatic N) is 2. The number of aliphatic hydroxyl groups excluding tert-OH is 1. The lowest BCUT2D eigenvalue weighted by Gasteiger charge is -2.18. The van der Waals surface area contributed by atoms with Crippen molar-refractivity contribution in [1.82, 2.24) is 9.88 Å². The van der Waals surface area contributed by atoms with Crippen molar-refractivity contribution in [3.63, 3.8) is 0 Å². The van der Waals surface area contributed by atoms with E-state index in [-0.39, 0.29) is 6.61 Å². The van der Waals surface area contributed by atoms with E-state index in [9.17, 15) is 0 Å². The molecule has 3 nitrogen and oxygen atoms in total. The van der Waals surface area contributed by atoms with Crippen LogP contribution >= 0.6 is 0 Å². The molecule has 0 amide bonds. The molecule has 0 aliphatic rings. The molecule has 0 spiro atoms. The highest BCUT2D eigenvalue weighted by atomic mass is 16.3. The number of pyridine rings is 1. The molecule has 1 aromatic rings. The summed E-state index contributed by atoms with van der Waals surface area (Å²) >= 11 is 0. The van der Waals surface area contributed by atoms with Crippen molar-refractivity contribution in [2.75, 3.05) is 27.2 Å². The van der Waals surface area contributed by atoms with Gasteiger partial charge in [0.1, 0.15) is 0 Å². The summed E-state index contributed by atoms with van der Waals surface area (Å²) in [6, 6.07) is 4.08. The first-order valence-corrected chi connectivity index (χ1v) is 5.39. The van der Waals surface area contributed by atoms with Gasteiger partial charge in [-0.05, 0) is 57.1 Å². The highest BCUT2D eigenvalue weighted by Crippen LogP contribution is 2.22. The molecule has 0 saturated carbocycles. The third-order valence-electron chi connectivity index (χ3n) is 2.58. The van der Waals surface area contributed by atoms with Gasteiger partial charge in [-0.15, -0.1) is 0 Å². The predicted octanol–water partition coefficient (Wildman–Crippen LogP) is 1.50. The van der Waals surface area contributed by atoms with Crippen molar-refractivity contribution in [1.29, 1.82) is 0 Å². The van der Waals surface area contributed by atoms with E-state index in [0.29, 0.717) is 5.92 Å². The first-order chi connectivity index (χ1) is 7.24. The summed E-state index contributed by atoms with van der Waals surface area (Å²) in [5, 5.41) is 9.03. The molecule has 0 saturated heterocycles. The van der Waals surface area contributed by atoms with Gasteiger partial charge >= 0.3 is 0 Å². The summed E-state index contributed by atoms with van der Waals surface area (Å²) in [6.45, 7) is 1.30. The van der Waals surface area contributed by atoms with Crippen LogP contribution in [0.15, 0.2) is 24.5 Å². The number of aliphatic hydroxyl groups is 1. The van der Waals surface area contributed by atoms with E-state index in [4.69, 9.17) is 5.11 Å². The SMILES string of the molecule is CN(C)CCC(CCO)c1ccncc1. The fourth-order valence-corrected chi connectivity index (χ4v) is 1.68. The standard InChI is InChI=1S/C12H20N2O/c1-14(2)9-5-12(6-10-15)11-3-7-13-8-4-11/h3-4,7-8,12,15H,5-6,9-10H2,1-2H3. The van der Waals surface area contributed by atoms with Gasteiger partial charge in [-0.3, -0.25) is 4.98 Å². The molecule has 3 heteroatoms. The lowest BCUT2D eigenvalue weighted by atomic mass is 9.93. The van der Waals surface area contributed by atoms with Crippen molar-refractivity contribution in [3.8, 4) is 0 Å². The van der Waals surface area contributed by atoms with E-state index < -0.39 is 0 Å². The molecule has 84 valence electrons. The zero-order valence-corrected chi connectivity index (χ0v) is 9.56. The van der Waals surface area contributed by atoms with Crippen LogP contribution in [-0.2, 0) is 0 Å². The third kappa shape index (κ3) is 4.40. The van der Waals surface area contributed by atoms with Crippen molar-refractivity contribution in [3.05, 3.63) is 30.1 Å². The average molecular weight is 208 g/mol. The maximum atomic E-state index is 9.03. The van der Waals surface area contributed by atoms with Crippen LogP contribution in [-0.4, -0.2) is 42.2 Å². The Morgan fingerprint density at radius 3 is 2.47 bits per heavy atom. The summed E-state index contributed by atoms with van der Waals surface area (Å²) in [5.41, 5.74) is 1.28. The Morgan fingerprint density at radius 1 is 1.27 bits per heavy atom. The molecular weight excluding hydrogens is 188 g/mol. The number of hydrogen-bond donors (Lipinski definition) is 1. The smallest absolute Gasteiger partial charge is 0.0436 e. The normalized spacial score (nSPS) is 13.1. The van der Waals surface area contributed by atoms with Gasteiger partial charge in [-0.1, -0.05) is 0 Å². The zero-order chi connectivity index (χ0) is 11.1. The molecule has 0 bridgehead atoms. The van der Waals surface area contributed by atoms with E-state index >= 15 is 0 Å². The highest BCUT2D eigenvalue weighted by molar-refractivity contribution is 5.15. The monoisotopic (exact) mass is 208 g/mol. The second kappa shape index (κ2) is 6.53. The number of aromatic nitrogens is 1. The fourth-order valence-electron chi connectivity index (χ4n) is 1.68. The Balaban J connectivity index is 2.57. The van der Waals surface area contributed by atoms with Crippen LogP contribution in [0.25, 0.3) is 0 Å². The quantitative estimate of drug-likeness (QED) is 0.769. The van der Waals surface area contributed by atoms with Crippen LogP contribution in [0.5, 0.6) is 0 Å². The van der Waals surface area contributed by atoms with Gasteiger partial charge in [0.25, 0.3) is 0 Å². The van der Waals surface area contributed by atoms with Gasteiger partial charge in [0, 0.05) is 19.0 Å². The van der Waals surface area contributed by atoms with Crippen LogP contribution in [0.4, 0.5) is 0 Å². The first kappa shape index (κ1) is 12.1. The van der Waals surface area contributed by atoms with E-state index in [1.54, 1.807) is 0 Å². The lowest BCUT2D eigenvalue weighted by molar-refractivity contribution is 0.266. The summed E-state index contributed by atoms with van der Waals surface area (Å²) < 4.78 is 0. The molecule has 0 radical (unpaired) electrons. The molecule has 1 N–H and O–H groups in total. The minimum Gasteiger partial charge on any atom is -0.396 e. The molecule has 1 unspecified atom stereocenters. The van der Waals surface area contributed by atoms with Gasteiger partial charge in [0.05, 0.1) is 0 Å². The molecule has 0 aromatic carbocycles. The Hall–Kier alpha value is -0.930. The molecule has 1 atom stereocenters. The number of rotatable bonds is 6. The fraction of sp³-hybridized carbons (Fsp3) is 0.583. The third-order valence-corrected chi connectivity index (χ3v) is 2.58. The molecule has 1 rings (SSSR count). The van der Waals surface area contributed by atoms with Crippen LogP contribution < -0.4 is 0 Å². The highest BCUT2D eigenvalue weighted by Gasteiger charge is 2.10. The van der Waals surface area contributed by atoms with E-state index in [0.717, 1.165) is 19.4 Å². The second-order valence-electron chi connectivity index (χ2n) is 4.08. The molecule has 1 aromatic heterocycles. The van der Waals surface area contributed by atoms with Crippen LogP contribution in [0.1, 0.15) is 24.3 Å². The van der Waals surface area contributed by atoms with Crippen molar-refractivity contribution < 1.29 is 5.11 Å². The van der Waals surface area contributed by atoms with Crippen molar-refractivity contribution >= 4 is 0 Å². The summed E-state index contributed by atoms with van der Waals surface area (Å²) in [7, 11) is 4.14. The van der Waals surface area contributed by atoms with E-state index in [1.807, 2.05) is 24.5 Å². The Morgan fingerprint density at radius 2 is 1.93 bits per heavy atom. The summed E-state index contributed by atoms with van der Waals surface area (Å²) in [4.78, 5) is 6.18. The molecule has 1 heterocycles. The van der Waals surface area contributed by atoms with Gasteiger partial charge in [0.15, 0.2) is 0 Å². The first-order valence-electron chi connectivity index (χ1n) is 5.39. The van der Waals surface area contributed by atoms with Gasteiger partial charge in [-0.2, -0.15) is 0 Å². The zero-order valence-electron chi connectivity index (χ0n) is 9.56. The maximum Gasteiger partial charge on any atom is 0.0436 e. The molecule has 0 fully saturated rings. The average Bonchev–Trinajstić information content (AvgIpc) is 2.25. The topological polar surface area (TPSA) is 36.4 Å². The van der Waals surface area contributed by atoms with Gasteiger partial charge in [-0.25, -0.2) is 0 Å². The van der Waals surface area contributed by atoms with Crippen LogP contribution in [0.3, 0.4) is 0 Å². The number of hydrogen-bond acceptors (Lipinski definition) is 3. The van der Waals surface area contributed by atoms with Crippen molar-refractivity contribution in [2.45, 2.75) is 18.8 Å². The van der Waals surface area contributed by atoms with E-state index in [1.165, 1.54) is 5.56 Å². The van der Waals surface area contributed by atoms with Gasteiger partial charge < -0.3 is 10.0 Å². The molecule has 0 aliphatic carbocycles. The maximum absolute atomic E-state index is 9.03. The predicted molar refractivity (Wildman–Crippen MR) is 61.9 cm³/mol. The lowest BCUT2D eigenvalue weighted by Crippen LogP contribution is -2.16. The summed E-state index contributed by atoms with van der Waals surface area (Å²) in [6.07, 6.45) is 5.54. The molecular formula is C12H20N2O.